The van der Waals surface area contributed by atoms with Gasteiger partial charge in [-0.1, -0.05) is 6.07 Å². The number of ether oxygens (including phenoxy) is 1. The van der Waals surface area contributed by atoms with Gasteiger partial charge in [-0.2, -0.15) is 0 Å². The quantitative estimate of drug-likeness (QED) is 0.282. The van der Waals surface area contributed by atoms with Crippen LogP contribution in [0.3, 0.4) is 0 Å². The molecule has 0 fully saturated rings. The molecular weight excluding hydrogens is 396 g/mol. The van der Waals surface area contributed by atoms with Crippen molar-refractivity contribution in [1.29, 1.82) is 5.41 Å². The third-order valence-electron chi connectivity index (χ3n) is 5.79. The van der Waals surface area contributed by atoms with Crippen molar-refractivity contribution < 1.29 is 14.6 Å². The number of nitrogens with zero attached hydrogens (tertiary/aromatic N) is 3. The van der Waals surface area contributed by atoms with Crippen molar-refractivity contribution in [1.82, 2.24) is 19.8 Å². The SMILES string of the molecule is CCOC(=O)c1c2n(c3cc(-c4cccnc4)c(O)c(CNC(=N)N)c13)C(C)N(C)C2. The normalized spacial score (nSPS) is 15.8. The zero-order chi connectivity index (χ0) is 22.3. The maximum Gasteiger partial charge on any atom is 0.340 e. The van der Waals surface area contributed by atoms with Gasteiger partial charge in [-0.15, -0.1) is 0 Å². The third kappa shape index (κ3) is 3.36. The lowest BCUT2D eigenvalue weighted by molar-refractivity contribution is 0.0527. The Bertz CT molecular complexity index is 1170. The molecule has 9 nitrogen and oxygen atoms in total. The molecule has 3 aromatic rings. The van der Waals surface area contributed by atoms with E-state index < -0.39 is 5.97 Å². The van der Waals surface area contributed by atoms with Gasteiger partial charge >= 0.3 is 5.97 Å². The van der Waals surface area contributed by atoms with Gasteiger partial charge in [0.15, 0.2) is 5.96 Å². The number of phenolic OH excluding ortho intramolecular Hbond substituents is 1. The van der Waals surface area contributed by atoms with E-state index >= 15 is 0 Å². The van der Waals surface area contributed by atoms with Crippen molar-refractivity contribution in [3.63, 3.8) is 0 Å². The number of rotatable bonds is 5. The highest BCUT2D eigenvalue weighted by Gasteiger charge is 2.35. The fourth-order valence-corrected chi connectivity index (χ4v) is 4.26. The van der Waals surface area contributed by atoms with Crippen LogP contribution in [0.15, 0.2) is 30.6 Å². The molecule has 31 heavy (non-hydrogen) atoms. The van der Waals surface area contributed by atoms with Crippen LogP contribution in [0.2, 0.25) is 0 Å². The molecule has 1 aliphatic rings. The first-order valence-electron chi connectivity index (χ1n) is 10.1. The number of aromatic nitrogens is 2. The molecule has 0 saturated heterocycles. The first kappa shape index (κ1) is 20.7. The average molecular weight is 422 g/mol. The van der Waals surface area contributed by atoms with Gasteiger partial charge in [-0.3, -0.25) is 15.3 Å². The standard InChI is InChI=1S/C22H26N6O3/c1-4-31-21(30)19-17-11-27(3)12(2)28(17)16-8-14(13-6-5-7-25-9-13)20(29)15(18(16)19)10-26-22(23)24/h5-9,12,29H,4,10-11H2,1-3H3,(H4,23,24,26). The molecule has 9 heteroatoms. The molecule has 5 N–H and O–H groups in total. The maximum atomic E-state index is 13.0. The number of pyridine rings is 1. The predicted octanol–water partition coefficient (Wildman–Crippen LogP) is 2.53. The molecule has 1 aliphatic heterocycles. The number of phenols is 1. The topological polar surface area (TPSA) is 129 Å². The number of fused-ring (bicyclic) bond motifs is 3. The van der Waals surface area contributed by atoms with Gasteiger partial charge in [-0.25, -0.2) is 4.79 Å². The Morgan fingerprint density at radius 2 is 2.26 bits per heavy atom. The highest BCUT2D eigenvalue weighted by molar-refractivity contribution is 6.09. The largest absolute Gasteiger partial charge is 0.507 e. The fourth-order valence-electron chi connectivity index (χ4n) is 4.26. The minimum absolute atomic E-state index is 0.0144. The Balaban J connectivity index is 2.08. The van der Waals surface area contributed by atoms with Gasteiger partial charge in [0.25, 0.3) is 0 Å². The molecular formula is C22H26N6O3. The van der Waals surface area contributed by atoms with Crippen LogP contribution in [0, 0.1) is 5.41 Å². The zero-order valence-electron chi connectivity index (χ0n) is 17.8. The van der Waals surface area contributed by atoms with Crippen LogP contribution in [0.1, 0.15) is 41.6 Å². The van der Waals surface area contributed by atoms with Gasteiger partial charge in [-0.05, 0) is 33.0 Å². The summed E-state index contributed by atoms with van der Waals surface area (Å²) in [6.07, 6.45) is 3.36. The second kappa shape index (κ2) is 7.92. The van der Waals surface area contributed by atoms with Crippen LogP contribution in [-0.2, 0) is 17.8 Å². The Hall–Kier alpha value is -3.59. The van der Waals surface area contributed by atoms with Crippen molar-refractivity contribution in [2.75, 3.05) is 13.7 Å². The fraction of sp³-hybridized carbons (Fsp3) is 0.318. The van der Waals surface area contributed by atoms with Crippen LogP contribution in [-0.4, -0.2) is 45.1 Å². The second-order valence-corrected chi connectivity index (χ2v) is 7.61. The van der Waals surface area contributed by atoms with E-state index in [1.807, 2.05) is 19.2 Å². The van der Waals surface area contributed by atoms with E-state index in [0.717, 1.165) is 16.8 Å². The highest BCUT2D eigenvalue weighted by atomic mass is 16.5. The predicted molar refractivity (Wildman–Crippen MR) is 118 cm³/mol. The summed E-state index contributed by atoms with van der Waals surface area (Å²) in [5.74, 6) is -0.636. The van der Waals surface area contributed by atoms with Crippen LogP contribution in [0.25, 0.3) is 22.0 Å². The van der Waals surface area contributed by atoms with Gasteiger partial charge in [0, 0.05) is 53.3 Å². The Morgan fingerprint density at radius 3 is 2.90 bits per heavy atom. The molecule has 0 spiro atoms. The summed E-state index contributed by atoms with van der Waals surface area (Å²) in [7, 11) is 2.00. The smallest absolute Gasteiger partial charge is 0.340 e. The lowest BCUT2D eigenvalue weighted by atomic mass is 9.96. The van der Waals surface area contributed by atoms with Crippen molar-refractivity contribution in [2.45, 2.75) is 33.1 Å². The van der Waals surface area contributed by atoms with E-state index in [1.165, 1.54) is 0 Å². The van der Waals surface area contributed by atoms with Crippen LogP contribution in [0.4, 0.5) is 0 Å². The molecule has 2 aromatic heterocycles. The summed E-state index contributed by atoms with van der Waals surface area (Å²) >= 11 is 0. The average Bonchev–Trinajstić information content (AvgIpc) is 3.21. The van der Waals surface area contributed by atoms with E-state index in [2.05, 4.69) is 26.7 Å². The van der Waals surface area contributed by atoms with Crippen molar-refractivity contribution in [2.24, 2.45) is 5.73 Å². The minimum atomic E-state index is -0.429. The number of nitrogens with one attached hydrogen (secondary N) is 2. The number of benzene rings is 1. The number of hydrogen-bond donors (Lipinski definition) is 4. The van der Waals surface area contributed by atoms with E-state index in [9.17, 15) is 9.90 Å². The number of esters is 1. The third-order valence-corrected chi connectivity index (χ3v) is 5.79. The molecule has 0 bridgehead atoms. The number of guanidine groups is 1. The molecule has 0 amide bonds. The molecule has 1 unspecified atom stereocenters. The molecule has 4 rings (SSSR count). The van der Waals surface area contributed by atoms with Gasteiger partial charge < -0.3 is 25.5 Å². The molecule has 0 saturated carbocycles. The van der Waals surface area contributed by atoms with E-state index in [0.29, 0.717) is 28.6 Å². The molecule has 3 heterocycles. The number of carbonyl (C=O) groups is 1. The molecule has 0 aliphatic carbocycles. The summed E-state index contributed by atoms with van der Waals surface area (Å²) < 4.78 is 7.48. The number of nitrogens with two attached hydrogens (primary N) is 1. The number of hydrogen-bond acceptors (Lipinski definition) is 6. The van der Waals surface area contributed by atoms with E-state index in [1.54, 1.807) is 25.4 Å². The van der Waals surface area contributed by atoms with E-state index in [4.69, 9.17) is 15.9 Å². The Kier molecular flexibility index (Phi) is 5.28. The first-order chi connectivity index (χ1) is 14.8. The zero-order valence-corrected chi connectivity index (χ0v) is 17.8. The molecule has 0 radical (unpaired) electrons. The Labute approximate surface area is 179 Å². The van der Waals surface area contributed by atoms with Crippen molar-refractivity contribution >= 4 is 22.8 Å². The number of carbonyl (C=O) groups excluding carboxylic acids is 1. The van der Waals surface area contributed by atoms with E-state index in [-0.39, 0.29) is 31.0 Å². The van der Waals surface area contributed by atoms with Gasteiger partial charge in [0.1, 0.15) is 5.75 Å². The summed E-state index contributed by atoms with van der Waals surface area (Å²) in [5, 5.41) is 22.2. The lowest BCUT2D eigenvalue weighted by Crippen LogP contribution is -2.29. The molecule has 1 atom stereocenters. The highest BCUT2D eigenvalue weighted by Crippen LogP contribution is 2.44. The minimum Gasteiger partial charge on any atom is -0.507 e. The van der Waals surface area contributed by atoms with Crippen LogP contribution < -0.4 is 11.1 Å². The van der Waals surface area contributed by atoms with Gasteiger partial charge in [0.05, 0.1) is 23.9 Å². The van der Waals surface area contributed by atoms with Crippen molar-refractivity contribution in [3.05, 3.63) is 47.4 Å². The van der Waals surface area contributed by atoms with Crippen LogP contribution >= 0.6 is 0 Å². The summed E-state index contributed by atoms with van der Waals surface area (Å²) in [5.41, 5.74) is 9.46. The van der Waals surface area contributed by atoms with Crippen LogP contribution in [0.5, 0.6) is 5.75 Å². The lowest BCUT2D eigenvalue weighted by Gasteiger charge is -2.19. The molecule has 1 aromatic carbocycles. The maximum absolute atomic E-state index is 13.0. The second-order valence-electron chi connectivity index (χ2n) is 7.61. The summed E-state index contributed by atoms with van der Waals surface area (Å²) in [4.78, 5) is 19.3. The molecule has 162 valence electrons. The summed E-state index contributed by atoms with van der Waals surface area (Å²) in [6.45, 7) is 4.74. The Morgan fingerprint density at radius 1 is 1.48 bits per heavy atom. The summed E-state index contributed by atoms with van der Waals surface area (Å²) in [6, 6.07) is 5.56. The van der Waals surface area contributed by atoms with Crippen molar-refractivity contribution in [3.8, 4) is 16.9 Å². The monoisotopic (exact) mass is 422 g/mol. The number of aromatic hydroxyl groups is 1. The van der Waals surface area contributed by atoms with Gasteiger partial charge in [0.2, 0.25) is 0 Å². The first-order valence-corrected chi connectivity index (χ1v) is 10.1.